The predicted octanol–water partition coefficient (Wildman–Crippen LogP) is 3.84. The standard InChI is InChI=1S/C25H35N2O4/c1-27(17-14-22-15-18-30-26-22)16-8-13-23(19-27)31-24(28)25(29,20-9-4-2-5-10-20)21-11-6-3-7-12-21/h2,4-5,9-10,15,18,21,23,29H,3,6-8,11-14,16-17,19H2,1H3/q+1/t23?,25-,27?/m0/s1. The first-order chi connectivity index (χ1) is 15.0. The Morgan fingerprint density at radius 3 is 2.65 bits per heavy atom. The molecule has 2 aromatic rings. The molecule has 0 radical (unpaired) electrons. The minimum absolute atomic E-state index is 0.0900. The Hall–Kier alpha value is -2.18. The first kappa shape index (κ1) is 22.0. The summed E-state index contributed by atoms with van der Waals surface area (Å²) >= 11 is 0. The molecule has 1 aliphatic heterocycles. The third-order valence-corrected chi connectivity index (χ3v) is 7.26. The van der Waals surface area contributed by atoms with Crippen LogP contribution in [0.1, 0.15) is 56.2 Å². The Balaban J connectivity index is 1.46. The first-order valence-electron chi connectivity index (χ1n) is 11.7. The zero-order valence-electron chi connectivity index (χ0n) is 18.5. The Bertz CT molecular complexity index is 834. The Labute approximate surface area is 184 Å². The van der Waals surface area contributed by atoms with E-state index in [0.29, 0.717) is 5.56 Å². The molecule has 6 heteroatoms. The number of likely N-dealkylation sites (N-methyl/N-ethyl adjacent to an activating group) is 1. The molecule has 31 heavy (non-hydrogen) atoms. The number of hydrogen-bond donors (Lipinski definition) is 1. The van der Waals surface area contributed by atoms with Gasteiger partial charge in [0.1, 0.15) is 12.8 Å². The van der Waals surface area contributed by atoms with E-state index in [9.17, 15) is 9.90 Å². The van der Waals surface area contributed by atoms with Crippen LogP contribution in [0.4, 0.5) is 0 Å². The zero-order chi connectivity index (χ0) is 21.7. The van der Waals surface area contributed by atoms with E-state index in [1.54, 1.807) is 6.26 Å². The molecule has 0 amide bonds. The second-order valence-corrected chi connectivity index (χ2v) is 9.63. The molecule has 2 aliphatic rings. The molecule has 2 fully saturated rings. The van der Waals surface area contributed by atoms with Gasteiger partial charge in [-0.25, -0.2) is 4.79 Å². The van der Waals surface area contributed by atoms with E-state index in [2.05, 4.69) is 12.2 Å². The second kappa shape index (κ2) is 9.53. The summed E-state index contributed by atoms with van der Waals surface area (Å²) in [6.07, 6.45) is 9.09. The van der Waals surface area contributed by atoms with E-state index in [4.69, 9.17) is 9.26 Å². The maximum absolute atomic E-state index is 13.5. The molecule has 1 aliphatic carbocycles. The zero-order valence-corrected chi connectivity index (χ0v) is 18.5. The van der Waals surface area contributed by atoms with Crippen LogP contribution in [0, 0.1) is 5.92 Å². The van der Waals surface area contributed by atoms with Crippen molar-refractivity contribution in [2.45, 2.75) is 63.1 Å². The highest BCUT2D eigenvalue weighted by Crippen LogP contribution is 2.41. The van der Waals surface area contributed by atoms with Gasteiger partial charge in [-0.3, -0.25) is 0 Å². The van der Waals surface area contributed by atoms with Crippen LogP contribution in [0.3, 0.4) is 0 Å². The number of rotatable bonds is 7. The lowest BCUT2D eigenvalue weighted by molar-refractivity contribution is -0.916. The maximum atomic E-state index is 13.5. The largest absolute Gasteiger partial charge is 0.454 e. The minimum Gasteiger partial charge on any atom is -0.454 e. The van der Waals surface area contributed by atoms with Crippen molar-refractivity contribution >= 4 is 5.97 Å². The van der Waals surface area contributed by atoms with Crippen LogP contribution in [0.15, 0.2) is 47.2 Å². The summed E-state index contributed by atoms with van der Waals surface area (Å²) in [5.41, 5.74) is 0.0451. The summed E-state index contributed by atoms with van der Waals surface area (Å²) in [5, 5.41) is 15.8. The van der Waals surface area contributed by atoms with Crippen molar-refractivity contribution in [1.29, 1.82) is 0 Å². The number of carbonyl (C=O) groups is 1. The molecule has 4 rings (SSSR count). The van der Waals surface area contributed by atoms with Gasteiger partial charge in [0, 0.05) is 24.8 Å². The molecular weight excluding hydrogens is 392 g/mol. The second-order valence-electron chi connectivity index (χ2n) is 9.63. The number of aliphatic hydroxyl groups is 1. The molecule has 3 atom stereocenters. The van der Waals surface area contributed by atoms with Crippen molar-refractivity contribution in [3.05, 3.63) is 53.9 Å². The van der Waals surface area contributed by atoms with Crippen molar-refractivity contribution in [3.8, 4) is 0 Å². The van der Waals surface area contributed by atoms with Gasteiger partial charge in [-0.2, -0.15) is 0 Å². The quantitative estimate of drug-likeness (QED) is 0.537. The predicted molar refractivity (Wildman–Crippen MR) is 117 cm³/mol. The SMILES string of the molecule is C[N+]1(CCc2ccon2)CCCC(OC(=O)[C@](O)(c2ccccc2)C2CCCCC2)C1. The lowest BCUT2D eigenvalue weighted by Gasteiger charge is -2.42. The normalized spacial score (nSPS) is 26.8. The molecule has 2 heterocycles. The summed E-state index contributed by atoms with van der Waals surface area (Å²) in [5.74, 6) is -0.562. The molecule has 1 aromatic heterocycles. The van der Waals surface area contributed by atoms with Crippen LogP contribution < -0.4 is 0 Å². The van der Waals surface area contributed by atoms with E-state index in [1.165, 1.54) is 6.42 Å². The molecule has 168 valence electrons. The number of hydrogen-bond acceptors (Lipinski definition) is 5. The monoisotopic (exact) mass is 427 g/mol. The first-order valence-corrected chi connectivity index (χ1v) is 11.7. The van der Waals surface area contributed by atoms with Gasteiger partial charge in [0.05, 0.1) is 25.8 Å². The summed E-state index contributed by atoms with van der Waals surface area (Å²) < 4.78 is 11.8. The van der Waals surface area contributed by atoms with Gasteiger partial charge in [-0.05, 0) is 24.8 Å². The van der Waals surface area contributed by atoms with Crippen LogP contribution >= 0.6 is 0 Å². The van der Waals surface area contributed by atoms with Crippen LogP contribution in [0.2, 0.25) is 0 Å². The number of nitrogens with zero attached hydrogens (tertiary/aromatic N) is 2. The van der Waals surface area contributed by atoms with Crippen LogP contribution in [-0.4, -0.2) is 53.5 Å². The average molecular weight is 428 g/mol. The molecule has 0 bridgehead atoms. The highest BCUT2D eigenvalue weighted by Gasteiger charge is 2.48. The molecule has 1 saturated carbocycles. The van der Waals surface area contributed by atoms with Gasteiger partial charge in [-0.1, -0.05) is 54.8 Å². The molecule has 1 N–H and O–H groups in total. The summed E-state index contributed by atoms with van der Waals surface area (Å²) in [4.78, 5) is 13.5. The van der Waals surface area contributed by atoms with Gasteiger partial charge in [0.15, 0.2) is 11.7 Å². The summed E-state index contributed by atoms with van der Waals surface area (Å²) in [7, 11) is 2.21. The van der Waals surface area contributed by atoms with Crippen molar-refractivity contribution in [2.24, 2.45) is 5.92 Å². The van der Waals surface area contributed by atoms with E-state index < -0.39 is 11.6 Å². The van der Waals surface area contributed by atoms with Crippen LogP contribution in [0.25, 0.3) is 0 Å². The van der Waals surface area contributed by atoms with Crippen molar-refractivity contribution < 1.29 is 23.6 Å². The number of esters is 1. The fourth-order valence-corrected chi connectivity index (χ4v) is 5.40. The summed E-state index contributed by atoms with van der Waals surface area (Å²) in [6.45, 7) is 2.74. The van der Waals surface area contributed by atoms with E-state index in [-0.39, 0.29) is 12.0 Å². The van der Waals surface area contributed by atoms with Gasteiger partial charge in [0.2, 0.25) is 0 Å². The van der Waals surface area contributed by atoms with Gasteiger partial charge >= 0.3 is 5.97 Å². The Morgan fingerprint density at radius 1 is 1.16 bits per heavy atom. The maximum Gasteiger partial charge on any atom is 0.343 e. The minimum atomic E-state index is -1.57. The summed E-state index contributed by atoms with van der Waals surface area (Å²) in [6, 6.07) is 11.3. The number of piperidine rings is 1. The third kappa shape index (κ3) is 5.01. The topological polar surface area (TPSA) is 72.6 Å². The number of benzene rings is 1. The van der Waals surface area contributed by atoms with Crippen molar-refractivity contribution in [1.82, 2.24) is 5.16 Å². The number of ether oxygens (including phenoxy) is 1. The Morgan fingerprint density at radius 2 is 1.94 bits per heavy atom. The number of carbonyl (C=O) groups excluding carboxylic acids is 1. The lowest BCUT2D eigenvalue weighted by Crippen LogP contribution is -2.56. The molecule has 1 aromatic carbocycles. The lowest BCUT2D eigenvalue weighted by atomic mass is 9.73. The fourth-order valence-electron chi connectivity index (χ4n) is 5.40. The van der Waals surface area contributed by atoms with Crippen LogP contribution in [0.5, 0.6) is 0 Å². The average Bonchev–Trinajstić information content (AvgIpc) is 3.32. The van der Waals surface area contributed by atoms with E-state index >= 15 is 0 Å². The van der Waals surface area contributed by atoms with Gasteiger partial charge < -0.3 is 18.8 Å². The molecular formula is C25H35N2O4+. The number of aromatic nitrogens is 1. The van der Waals surface area contributed by atoms with Gasteiger partial charge in [0.25, 0.3) is 0 Å². The van der Waals surface area contributed by atoms with E-state index in [1.807, 2.05) is 36.4 Å². The smallest absolute Gasteiger partial charge is 0.343 e. The third-order valence-electron chi connectivity index (χ3n) is 7.26. The van der Waals surface area contributed by atoms with Gasteiger partial charge in [-0.15, -0.1) is 0 Å². The fraction of sp³-hybridized carbons (Fsp3) is 0.600. The van der Waals surface area contributed by atoms with Crippen molar-refractivity contribution in [2.75, 3.05) is 26.7 Å². The molecule has 2 unspecified atom stereocenters. The molecule has 1 saturated heterocycles. The van der Waals surface area contributed by atoms with Crippen molar-refractivity contribution in [3.63, 3.8) is 0 Å². The molecule has 6 nitrogen and oxygen atoms in total. The number of quaternary nitrogens is 1. The van der Waals surface area contributed by atoms with E-state index in [0.717, 1.165) is 74.8 Å². The highest BCUT2D eigenvalue weighted by molar-refractivity contribution is 5.81. The Kier molecular flexibility index (Phi) is 6.77. The molecule has 0 spiro atoms. The number of likely N-dealkylation sites (tertiary alicyclic amines) is 1. The highest BCUT2D eigenvalue weighted by atomic mass is 16.6. The van der Waals surface area contributed by atoms with Crippen LogP contribution in [-0.2, 0) is 21.6 Å².